The fourth-order valence-electron chi connectivity index (χ4n) is 1.90. The van der Waals surface area contributed by atoms with Crippen LogP contribution in [0.2, 0.25) is 0 Å². The molecule has 0 bridgehead atoms. The van der Waals surface area contributed by atoms with Gasteiger partial charge in [0, 0.05) is 7.05 Å². The Kier molecular flexibility index (Phi) is 2.90. The van der Waals surface area contributed by atoms with Gasteiger partial charge in [0.15, 0.2) is 5.96 Å². The number of aliphatic imine (C=N–C) groups is 1. The van der Waals surface area contributed by atoms with Gasteiger partial charge >= 0.3 is 0 Å². The third-order valence-electron chi connectivity index (χ3n) is 2.76. The van der Waals surface area contributed by atoms with Crippen LogP contribution in [-0.4, -0.2) is 18.9 Å². The first-order valence-corrected chi connectivity index (χ1v) is 5.38. The minimum atomic E-state index is -0.310. The van der Waals surface area contributed by atoms with Gasteiger partial charge in [0.05, 0.1) is 0 Å². The highest BCUT2D eigenvalue weighted by molar-refractivity contribution is 6.06. The van der Waals surface area contributed by atoms with E-state index in [1.807, 2.05) is 24.3 Å². The number of nitrogens with one attached hydrogen (secondary N) is 2. The molecule has 1 atom stereocenters. The minimum Gasteiger partial charge on any atom is -0.340 e. The van der Waals surface area contributed by atoms with Crippen LogP contribution in [0.15, 0.2) is 29.3 Å². The molecule has 1 aromatic carbocycles. The van der Waals surface area contributed by atoms with E-state index in [-0.39, 0.29) is 11.9 Å². The van der Waals surface area contributed by atoms with Gasteiger partial charge < -0.3 is 5.32 Å². The highest BCUT2D eigenvalue weighted by Gasteiger charge is 2.30. The van der Waals surface area contributed by atoms with Crippen LogP contribution >= 0.6 is 0 Å². The second-order valence-electron chi connectivity index (χ2n) is 3.69. The van der Waals surface area contributed by atoms with E-state index in [4.69, 9.17) is 0 Å². The maximum atomic E-state index is 11.8. The zero-order valence-corrected chi connectivity index (χ0v) is 9.45. The first kappa shape index (κ1) is 10.7. The number of amides is 1. The van der Waals surface area contributed by atoms with E-state index >= 15 is 0 Å². The summed E-state index contributed by atoms with van der Waals surface area (Å²) in [4.78, 5) is 15.7. The molecular weight excluding hydrogens is 202 g/mol. The summed E-state index contributed by atoms with van der Waals surface area (Å²) in [5, 5.41) is 5.77. The number of nitrogens with zero attached hydrogens (tertiary/aromatic N) is 1. The van der Waals surface area contributed by atoms with Crippen LogP contribution in [0.5, 0.6) is 0 Å². The number of hydrogen-bond donors (Lipinski definition) is 2. The van der Waals surface area contributed by atoms with E-state index in [9.17, 15) is 4.79 Å². The minimum absolute atomic E-state index is 0.0403. The molecule has 1 heterocycles. The largest absolute Gasteiger partial charge is 0.340 e. The third-order valence-corrected chi connectivity index (χ3v) is 2.76. The van der Waals surface area contributed by atoms with E-state index in [0.29, 0.717) is 5.96 Å². The maximum absolute atomic E-state index is 11.8. The average Bonchev–Trinajstić information content (AvgIpc) is 2.70. The van der Waals surface area contributed by atoms with E-state index in [0.717, 1.165) is 12.0 Å². The van der Waals surface area contributed by atoms with Crippen LogP contribution in [0, 0.1) is 0 Å². The van der Waals surface area contributed by atoms with Crippen molar-refractivity contribution in [3.05, 3.63) is 35.4 Å². The second-order valence-corrected chi connectivity index (χ2v) is 3.69. The Bertz CT molecular complexity index is 440. The van der Waals surface area contributed by atoms with Gasteiger partial charge in [0.25, 0.3) is 5.91 Å². The predicted molar refractivity (Wildman–Crippen MR) is 63.2 cm³/mol. The van der Waals surface area contributed by atoms with Crippen LogP contribution in [0.3, 0.4) is 0 Å². The Hall–Kier alpha value is -1.84. The number of rotatable bonds is 2. The van der Waals surface area contributed by atoms with Crippen LogP contribution < -0.4 is 10.6 Å². The lowest BCUT2D eigenvalue weighted by Gasteiger charge is -2.12. The second kappa shape index (κ2) is 4.35. The van der Waals surface area contributed by atoms with Crippen molar-refractivity contribution >= 4 is 11.9 Å². The molecule has 1 saturated heterocycles. The summed E-state index contributed by atoms with van der Waals surface area (Å²) in [6, 6.07) is 7.66. The number of carbonyl (C=O) groups is 1. The first-order valence-electron chi connectivity index (χ1n) is 5.38. The molecular formula is C12H15N3O. The predicted octanol–water partition coefficient (Wildman–Crippen LogP) is 0.995. The van der Waals surface area contributed by atoms with Gasteiger partial charge in [-0.15, -0.1) is 0 Å². The van der Waals surface area contributed by atoms with Gasteiger partial charge in [-0.2, -0.15) is 0 Å². The summed E-state index contributed by atoms with van der Waals surface area (Å²) >= 11 is 0. The summed E-state index contributed by atoms with van der Waals surface area (Å²) in [6.07, 6.45) is 0.917. The van der Waals surface area contributed by atoms with Crippen LogP contribution in [-0.2, 0) is 11.2 Å². The quantitative estimate of drug-likeness (QED) is 0.776. The maximum Gasteiger partial charge on any atom is 0.253 e. The molecule has 1 unspecified atom stereocenters. The number of carbonyl (C=O) groups excluding carboxylic acids is 1. The van der Waals surface area contributed by atoms with Crippen molar-refractivity contribution in [2.75, 3.05) is 7.05 Å². The lowest BCUT2D eigenvalue weighted by atomic mass is 9.99. The molecule has 0 radical (unpaired) electrons. The molecule has 1 aliphatic rings. The van der Waals surface area contributed by atoms with E-state index < -0.39 is 0 Å². The monoisotopic (exact) mass is 217 g/mol. The molecule has 84 valence electrons. The molecule has 0 aromatic heterocycles. The summed E-state index contributed by atoms with van der Waals surface area (Å²) in [6.45, 7) is 2.08. The molecule has 1 fully saturated rings. The Balaban J connectivity index is 2.34. The third kappa shape index (κ3) is 1.78. The highest BCUT2D eigenvalue weighted by Crippen LogP contribution is 2.21. The molecule has 0 aliphatic carbocycles. The Morgan fingerprint density at radius 3 is 2.75 bits per heavy atom. The smallest absolute Gasteiger partial charge is 0.253 e. The molecule has 4 nitrogen and oxygen atoms in total. The van der Waals surface area contributed by atoms with Gasteiger partial charge in [0.2, 0.25) is 0 Å². The van der Waals surface area contributed by atoms with Gasteiger partial charge in [-0.25, -0.2) is 0 Å². The Morgan fingerprint density at radius 2 is 2.12 bits per heavy atom. The summed E-state index contributed by atoms with van der Waals surface area (Å²) in [7, 11) is 1.65. The van der Waals surface area contributed by atoms with E-state index in [1.54, 1.807) is 7.05 Å². The lowest BCUT2D eigenvalue weighted by Crippen LogP contribution is -2.24. The van der Waals surface area contributed by atoms with Crippen LogP contribution in [0.4, 0.5) is 0 Å². The van der Waals surface area contributed by atoms with Crippen molar-refractivity contribution in [1.82, 2.24) is 10.6 Å². The van der Waals surface area contributed by atoms with Crippen molar-refractivity contribution in [2.24, 2.45) is 4.99 Å². The average molecular weight is 217 g/mol. The SMILES string of the molecule is CCc1ccccc1C1NC(=NC)NC1=O. The van der Waals surface area contributed by atoms with Crippen molar-refractivity contribution in [1.29, 1.82) is 0 Å². The number of benzene rings is 1. The summed E-state index contributed by atoms with van der Waals surface area (Å²) in [5.74, 6) is 0.502. The van der Waals surface area contributed by atoms with Crippen molar-refractivity contribution in [2.45, 2.75) is 19.4 Å². The fourth-order valence-corrected chi connectivity index (χ4v) is 1.90. The first-order chi connectivity index (χ1) is 7.76. The van der Waals surface area contributed by atoms with Gasteiger partial charge in [0.1, 0.15) is 6.04 Å². The molecule has 0 saturated carbocycles. The van der Waals surface area contributed by atoms with Crippen LogP contribution in [0.25, 0.3) is 0 Å². The summed E-state index contributed by atoms with van der Waals surface area (Å²) in [5.41, 5.74) is 2.22. The molecule has 16 heavy (non-hydrogen) atoms. The number of aryl methyl sites for hydroxylation is 1. The molecule has 2 rings (SSSR count). The molecule has 0 spiro atoms. The fraction of sp³-hybridized carbons (Fsp3) is 0.333. The molecule has 1 amide bonds. The normalized spacial score (nSPS) is 22.0. The Labute approximate surface area is 94.8 Å². The van der Waals surface area contributed by atoms with Crippen LogP contribution in [0.1, 0.15) is 24.1 Å². The lowest BCUT2D eigenvalue weighted by molar-refractivity contribution is -0.120. The van der Waals surface area contributed by atoms with Crippen molar-refractivity contribution < 1.29 is 4.79 Å². The molecule has 1 aliphatic heterocycles. The van der Waals surface area contributed by atoms with E-state index in [2.05, 4.69) is 22.5 Å². The molecule has 2 N–H and O–H groups in total. The van der Waals surface area contributed by atoms with Crippen molar-refractivity contribution in [3.8, 4) is 0 Å². The van der Waals surface area contributed by atoms with E-state index in [1.165, 1.54) is 5.56 Å². The highest BCUT2D eigenvalue weighted by atomic mass is 16.2. The Morgan fingerprint density at radius 1 is 1.38 bits per heavy atom. The zero-order chi connectivity index (χ0) is 11.5. The summed E-state index contributed by atoms with van der Waals surface area (Å²) < 4.78 is 0. The number of guanidine groups is 1. The number of hydrogen-bond acceptors (Lipinski definition) is 2. The zero-order valence-electron chi connectivity index (χ0n) is 9.45. The van der Waals surface area contributed by atoms with Gasteiger partial charge in [-0.1, -0.05) is 31.2 Å². The topological polar surface area (TPSA) is 53.5 Å². The standard InChI is InChI=1S/C12H15N3O/c1-3-8-6-4-5-7-9(8)10-11(16)15-12(13-2)14-10/h4-7,10H,3H2,1-2H3,(H2,13,14,15,16). The molecule has 1 aromatic rings. The molecule has 4 heteroatoms. The van der Waals surface area contributed by atoms with Gasteiger partial charge in [-0.3, -0.25) is 15.1 Å². The van der Waals surface area contributed by atoms with Crippen molar-refractivity contribution in [3.63, 3.8) is 0 Å². The van der Waals surface area contributed by atoms with Gasteiger partial charge in [-0.05, 0) is 17.5 Å².